The van der Waals surface area contributed by atoms with Crippen LogP contribution in [0.25, 0.3) is 0 Å². The van der Waals surface area contributed by atoms with Gasteiger partial charge in [-0.1, -0.05) is 6.07 Å². The Morgan fingerprint density at radius 1 is 1.29 bits per heavy atom. The molecule has 0 saturated heterocycles. The molecule has 0 saturated carbocycles. The molecular weight excluding hydrogens is 220 g/mol. The summed E-state index contributed by atoms with van der Waals surface area (Å²) in [6.07, 6.45) is 1.46. The minimum Gasteiger partial charge on any atom is -0.342 e. The van der Waals surface area contributed by atoms with E-state index in [1.54, 1.807) is 24.0 Å². The molecule has 0 aliphatic carbocycles. The number of rotatable bonds is 1. The Morgan fingerprint density at radius 2 is 1.94 bits per heavy atom. The van der Waals surface area contributed by atoms with Gasteiger partial charge in [-0.3, -0.25) is 14.9 Å². The normalized spacial score (nSPS) is 15.0. The molecule has 0 bridgehead atoms. The molecular formula is C12H14N2O3. The first-order valence-corrected chi connectivity index (χ1v) is 5.59. The number of nitro groups is 1. The fourth-order valence-corrected chi connectivity index (χ4v) is 2.14. The predicted octanol–water partition coefficient (Wildman–Crippen LogP) is 1.54. The molecule has 0 spiro atoms. The predicted molar refractivity (Wildman–Crippen MR) is 62.8 cm³/mol. The van der Waals surface area contributed by atoms with E-state index in [4.69, 9.17) is 0 Å². The van der Waals surface area contributed by atoms with Crippen molar-refractivity contribution in [2.75, 3.05) is 13.1 Å². The molecule has 1 heterocycles. The van der Waals surface area contributed by atoms with E-state index in [-0.39, 0.29) is 16.5 Å². The Morgan fingerprint density at radius 3 is 2.53 bits per heavy atom. The Kier molecular flexibility index (Phi) is 3.08. The smallest absolute Gasteiger partial charge is 0.269 e. The van der Waals surface area contributed by atoms with Crippen LogP contribution < -0.4 is 0 Å². The van der Waals surface area contributed by atoms with E-state index in [2.05, 4.69) is 0 Å². The van der Waals surface area contributed by atoms with E-state index < -0.39 is 0 Å². The Balaban J connectivity index is 2.25. The van der Waals surface area contributed by atoms with Crippen LogP contribution in [0.2, 0.25) is 0 Å². The summed E-state index contributed by atoms with van der Waals surface area (Å²) in [4.78, 5) is 23.4. The topological polar surface area (TPSA) is 63.5 Å². The van der Waals surface area contributed by atoms with Crippen LogP contribution >= 0.6 is 0 Å². The monoisotopic (exact) mass is 234 g/mol. The molecule has 0 aromatic heterocycles. The van der Waals surface area contributed by atoms with Crippen molar-refractivity contribution in [1.29, 1.82) is 0 Å². The first kappa shape index (κ1) is 11.6. The number of non-ortho nitro benzene ring substituents is 1. The molecule has 5 nitrogen and oxygen atoms in total. The quantitative estimate of drug-likeness (QED) is 0.547. The highest BCUT2D eigenvalue weighted by Crippen LogP contribution is 2.21. The van der Waals surface area contributed by atoms with Crippen LogP contribution in [0, 0.1) is 10.1 Å². The van der Waals surface area contributed by atoms with Crippen molar-refractivity contribution in [3.05, 3.63) is 39.4 Å². The van der Waals surface area contributed by atoms with Crippen molar-refractivity contribution in [3.8, 4) is 0 Å². The SMILES string of the molecule is CC(=O)N1CCc2ccc([N+](=O)[O-])cc2CC1. The third-order valence-electron chi connectivity index (χ3n) is 3.15. The van der Waals surface area contributed by atoms with Crippen LogP contribution in [0.1, 0.15) is 18.1 Å². The maximum atomic E-state index is 11.3. The fourth-order valence-electron chi connectivity index (χ4n) is 2.14. The van der Waals surface area contributed by atoms with E-state index in [0.717, 1.165) is 17.5 Å². The molecule has 1 aliphatic rings. The van der Waals surface area contributed by atoms with Gasteiger partial charge in [-0.2, -0.15) is 0 Å². The van der Waals surface area contributed by atoms with Crippen molar-refractivity contribution < 1.29 is 9.72 Å². The lowest BCUT2D eigenvalue weighted by atomic mass is 10.0. The molecule has 1 amide bonds. The lowest BCUT2D eigenvalue weighted by molar-refractivity contribution is -0.384. The summed E-state index contributed by atoms with van der Waals surface area (Å²) in [5.41, 5.74) is 2.22. The van der Waals surface area contributed by atoms with Gasteiger partial charge in [0, 0.05) is 32.1 Å². The van der Waals surface area contributed by atoms with Crippen LogP contribution in [0.4, 0.5) is 5.69 Å². The molecule has 1 aliphatic heterocycles. The number of hydrogen-bond acceptors (Lipinski definition) is 3. The van der Waals surface area contributed by atoms with Gasteiger partial charge in [-0.05, 0) is 24.0 Å². The van der Waals surface area contributed by atoms with Crippen molar-refractivity contribution in [1.82, 2.24) is 4.90 Å². The molecule has 0 N–H and O–H groups in total. The highest BCUT2D eigenvalue weighted by Gasteiger charge is 2.17. The first-order valence-electron chi connectivity index (χ1n) is 5.59. The zero-order valence-electron chi connectivity index (χ0n) is 9.68. The standard InChI is InChI=1S/C12H14N2O3/c1-9(15)13-6-4-10-2-3-12(14(16)17)8-11(10)5-7-13/h2-3,8H,4-7H2,1H3. The maximum Gasteiger partial charge on any atom is 0.269 e. The zero-order valence-corrected chi connectivity index (χ0v) is 9.68. The fraction of sp³-hybridized carbons (Fsp3) is 0.417. The first-order chi connectivity index (χ1) is 8.08. The minimum absolute atomic E-state index is 0.0623. The van der Waals surface area contributed by atoms with E-state index in [1.807, 2.05) is 0 Å². The van der Waals surface area contributed by atoms with Gasteiger partial charge in [0.05, 0.1) is 4.92 Å². The van der Waals surface area contributed by atoms with Gasteiger partial charge < -0.3 is 4.90 Å². The van der Waals surface area contributed by atoms with Crippen LogP contribution in [0.15, 0.2) is 18.2 Å². The lowest BCUT2D eigenvalue weighted by Crippen LogP contribution is -2.30. The number of carbonyl (C=O) groups is 1. The molecule has 5 heteroatoms. The second-order valence-corrected chi connectivity index (χ2v) is 4.22. The summed E-state index contributed by atoms with van der Waals surface area (Å²) in [6.45, 7) is 2.89. The zero-order chi connectivity index (χ0) is 12.4. The van der Waals surface area contributed by atoms with Gasteiger partial charge in [0.15, 0.2) is 0 Å². The van der Waals surface area contributed by atoms with Gasteiger partial charge in [-0.25, -0.2) is 0 Å². The van der Waals surface area contributed by atoms with Gasteiger partial charge in [0.2, 0.25) is 5.91 Å². The molecule has 1 aromatic rings. The highest BCUT2D eigenvalue weighted by molar-refractivity contribution is 5.73. The van der Waals surface area contributed by atoms with Crippen molar-refractivity contribution in [2.24, 2.45) is 0 Å². The Bertz CT molecular complexity index is 471. The molecule has 0 atom stereocenters. The second-order valence-electron chi connectivity index (χ2n) is 4.22. The number of nitrogens with zero attached hydrogens (tertiary/aromatic N) is 2. The minimum atomic E-state index is -0.381. The number of amides is 1. The van der Waals surface area contributed by atoms with Gasteiger partial charge >= 0.3 is 0 Å². The summed E-state index contributed by atoms with van der Waals surface area (Å²) < 4.78 is 0. The van der Waals surface area contributed by atoms with Gasteiger partial charge in [0.1, 0.15) is 0 Å². The average molecular weight is 234 g/mol. The van der Waals surface area contributed by atoms with Crippen LogP contribution in [0.3, 0.4) is 0 Å². The largest absolute Gasteiger partial charge is 0.342 e. The van der Waals surface area contributed by atoms with Crippen LogP contribution in [-0.4, -0.2) is 28.8 Å². The number of benzene rings is 1. The number of carbonyl (C=O) groups excluding carboxylic acids is 1. The summed E-state index contributed by atoms with van der Waals surface area (Å²) >= 11 is 0. The second kappa shape index (κ2) is 4.53. The van der Waals surface area contributed by atoms with E-state index in [0.29, 0.717) is 19.5 Å². The number of fused-ring (bicyclic) bond motifs is 1. The molecule has 2 rings (SSSR count). The van der Waals surface area contributed by atoms with Gasteiger partial charge in [0.25, 0.3) is 5.69 Å². The van der Waals surface area contributed by atoms with Crippen molar-refractivity contribution >= 4 is 11.6 Å². The third-order valence-corrected chi connectivity index (χ3v) is 3.15. The number of nitro benzene ring substituents is 1. The summed E-state index contributed by atoms with van der Waals surface area (Å²) in [7, 11) is 0. The van der Waals surface area contributed by atoms with Crippen LogP contribution in [0.5, 0.6) is 0 Å². The van der Waals surface area contributed by atoms with Crippen LogP contribution in [-0.2, 0) is 17.6 Å². The summed E-state index contributed by atoms with van der Waals surface area (Å²) in [5, 5.41) is 10.7. The van der Waals surface area contributed by atoms with E-state index >= 15 is 0 Å². The Labute approximate surface area is 99.2 Å². The summed E-state index contributed by atoms with van der Waals surface area (Å²) in [5.74, 6) is 0.0623. The van der Waals surface area contributed by atoms with Crippen molar-refractivity contribution in [3.63, 3.8) is 0 Å². The molecule has 1 aromatic carbocycles. The molecule has 0 unspecified atom stereocenters. The van der Waals surface area contributed by atoms with E-state index in [1.165, 1.54) is 6.07 Å². The van der Waals surface area contributed by atoms with Crippen molar-refractivity contribution in [2.45, 2.75) is 19.8 Å². The average Bonchev–Trinajstić information content (AvgIpc) is 2.50. The highest BCUT2D eigenvalue weighted by atomic mass is 16.6. The maximum absolute atomic E-state index is 11.3. The molecule has 0 fully saturated rings. The van der Waals surface area contributed by atoms with Gasteiger partial charge in [-0.15, -0.1) is 0 Å². The molecule has 0 radical (unpaired) electrons. The lowest BCUT2D eigenvalue weighted by Gasteiger charge is -2.17. The Hall–Kier alpha value is -1.91. The molecule has 90 valence electrons. The third kappa shape index (κ3) is 2.43. The van der Waals surface area contributed by atoms with E-state index in [9.17, 15) is 14.9 Å². The summed E-state index contributed by atoms with van der Waals surface area (Å²) in [6, 6.07) is 4.96. The number of hydrogen-bond donors (Lipinski definition) is 0. The molecule has 17 heavy (non-hydrogen) atoms.